The Hall–Kier alpha value is -1.79. The van der Waals surface area contributed by atoms with Gasteiger partial charge in [-0.1, -0.05) is 51.9 Å². The van der Waals surface area contributed by atoms with Crippen molar-refractivity contribution in [1.29, 1.82) is 0 Å². The van der Waals surface area contributed by atoms with Crippen LogP contribution in [0.4, 0.5) is 9.59 Å². The van der Waals surface area contributed by atoms with Gasteiger partial charge in [0.15, 0.2) is 0 Å². The second kappa shape index (κ2) is 11.8. The smallest absolute Gasteiger partial charge is 0.415 e. The monoisotopic (exact) mass is 384 g/mol. The molecule has 0 unspecified atom stereocenters. The summed E-state index contributed by atoms with van der Waals surface area (Å²) in [6, 6.07) is -1.23. The second-order valence-electron chi connectivity index (χ2n) is 8.07. The Morgan fingerprint density at radius 3 is 2.11 bits per heavy atom. The molecule has 0 aromatic carbocycles. The Kier molecular flexibility index (Phi) is 10.2. The topological polar surface area (TPSA) is 84.9 Å². The van der Waals surface area contributed by atoms with E-state index in [0.717, 1.165) is 19.3 Å². The van der Waals surface area contributed by atoms with Gasteiger partial charge in [-0.15, -0.1) is 0 Å². The quantitative estimate of drug-likeness (QED) is 0.446. The predicted octanol–water partition coefficient (Wildman–Crippen LogP) is 4.39. The maximum Gasteiger partial charge on any atom is 0.415 e. The molecule has 1 aliphatic heterocycles. The highest BCUT2D eigenvalue weighted by Gasteiger charge is 2.39. The van der Waals surface area contributed by atoms with Crippen LogP contribution in [-0.4, -0.2) is 47.8 Å². The van der Waals surface area contributed by atoms with Gasteiger partial charge in [0.2, 0.25) is 0 Å². The first kappa shape index (κ1) is 23.2. The summed E-state index contributed by atoms with van der Waals surface area (Å²) < 4.78 is 10.3. The summed E-state index contributed by atoms with van der Waals surface area (Å²) in [6.07, 6.45) is 9.16. The SMILES string of the molecule is CCCCCCCCCCOC(=O)[C@@H]1CCN1C(=O)NC(=O)OC(C)(C)C. The molecule has 27 heavy (non-hydrogen) atoms. The van der Waals surface area contributed by atoms with E-state index in [1.54, 1.807) is 20.8 Å². The Bertz CT molecular complexity index is 487. The number of carbonyl (C=O) groups is 3. The molecule has 1 rings (SSSR count). The van der Waals surface area contributed by atoms with E-state index in [1.807, 2.05) is 0 Å². The van der Waals surface area contributed by atoms with Crippen molar-refractivity contribution in [2.45, 2.75) is 97.1 Å². The highest BCUT2D eigenvalue weighted by Crippen LogP contribution is 2.19. The summed E-state index contributed by atoms with van der Waals surface area (Å²) in [5, 5.41) is 2.15. The van der Waals surface area contributed by atoms with Gasteiger partial charge in [0.05, 0.1) is 6.61 Å². The highest BCUT2D eigenvalue weighted by molar-refractivity contribution is 5.94. The van der Waals surface area contributed by atoms with Crippen molar-refractivity contribution in [2.24, 2.45) is 0 Å². The first-order chi connectivity index (χ1) is 12.7. The first-order valence-electron chi connectivity index (χ1n) is 10.2. The summed E-state index contributed by atoms with van der Waals surface area (Å²) >= 11 is 0. The molecule has 3 amide bonds. The third-order valence-corrected chi connectivity index (χ3v) is 4.40. The standard InChI is InChI=1S/C20H36N2O5/c1-5-6-7-8-9-10-11-12-15-26-17(23)16-13-14-22(16)18(24)21-19(25)27-20(2,3)4/h16H,5-15H2,1-4H3,(H,21,24,25)/t16-/m0/s1. The fraction of sp³-hybridized carbons (Fsp3) is 0.850. The zero-order valence-electron chi connectivity index (χ0n) is 17.3. The summed E-state index contributed by atoms with van der Waals surface area (Å²) in [5.41, 5.74) is -0.687. The van der Waals surface area contributed by atoms with Crippen LogP contribution in [0.15, 0.2) is 0 Å². The number of nitrogens with zero attached hydrogens (tertiary/aromatic N) is 1. The molecule has 0 aliphatic carbocycles. The molecule has 7 heteroatoms. The number of unbranched alkanes of at least 4 members (excludes halogenated alkanes) is 7. The second-order valence-corrected chi connectivity index (χ2v) is 8.07. The molecule has 0 bridgehead atoms. The molecule has 1 fully saturated rings. The number of esters is 1. The molecule has 156 valence electrons. The first-order valence-corrected chi connectivity index (χ1v) is 10.2. The van der Waals surface area contributed by atoms with Crippen LogP contribution in [0.1, 0.15) is 85.5 Å². The Morgan fingerprint density at radius 2 is 1.59 bits per heavy atom. The van der Waals surface area contributed by atoms with E-state index in [0.29, 0.717) is 19.6 Å². The zero-order valence-corrected chi connectivity index (χ0v) is 17.3. The van der Waals surface area contributed by atoms with Crippen LogP contribution in [0, 0.1) is 0 Å². The van der Waals surface area contributed by atoms with Crippen LogP contribution in [0.25, 0.3) is 0 Å². The van der Waals surface area contributed by atoms with Crippen molar-refractivity contribution >= 4 is 18.1 Å². The van der Waals surface area contributed by atoms with Crippen molar-refractivity contribution in [2.75, 3.05) is 13.2 Å². The number of ether oxygens (including phenoxy) is 2. The van der Waals surface area contributed by atoms with Crippen LogP contribution in [0.3, 0.4) is 0 Å². The van der Waals surface area contributed by atoms with Gasteiger partial charge in [-0.05, 0) is 33.6 Å². The number of urea groups is 1. The summed E-state index contributed by atoms with van der Waals surface area (Å²) in [4.78, 5) is 37.1. The largest absolute Gasteiger partial charge is 0.464 e. The molecule has 1 N–H and O–H groups in total. The number of rotatable bonds is 10. The van der Waals surface area contributed by atoms with Crippen molar-refractivity contribution in [3.63, 3.8) is 0 Å². The maximum absolute atomic E-state index is 12.1. The van der Waals surface area contributed by atoms with E-state index in [2.05, 4.69) is 12.2 Å². The number of alkyl carbamates (subject to hydrolysis) is 1. The maximum atomic E-state index is 12.1. The van der Waals surface area contributed by atoms with E-state index >= 15 is 0 Å². The number of likely N-dealkylation sites (tertiary alicyclic amines) is 1. The van der Waals surface area contributed by atoms with Crippen molar-refractivity contribution in [1.82, 2.24) is 10.2 Å². The van der Waals surface area contributed by atoms with Crippen LogP contribution in [0.5, 0.6) is 0 Å². The molecular weight excluding hydrogens is 348 g/mol. The van der Waals surface area contributed by atoms with Crippen LogP contribution in [0.2, 0.25) is 0 Å². The van der Waals surface area contributed by atoms with E-state index in [9.17, 15) is 14.4 Å². The van der Waals surface area contributed by atoms with E-state index in [1.165, 1.54) is 37.0 Å². The minimum Gasteiger partial charge on any atom is -0.464 e. The number of imide groups is 1. The molecule has 1 saturated heterocycles. The molecule has 7 nitrogen and oxygen atoms in total. The average Bonchev–Trinajstić information content (AvgIpc) is 2.50. The summed E-state index contributed by atoms with van der Waals surface area (Å²) in [5.74, 6) is -0.400. The lowest BCUT2D eigenvalue weighted by Crippen LogP contribution is -2.59. The minimum atomic E-state index is -0.814. The minimum absolute atomic E-state index is 0.381. The van der Waals surface area contributed by atoms with Crippen LogP contribution < -0.4 is 5.32 Å². The molecule has 0 aromatic rings. The van der Waals surface area contributed by atoms with Gasteiger partial charge < -0.3 is 14.4 Å². The van der Waals surface area contributed by atoms with Crippen LogP contribution in [-0.2, 0) is 14.3 Å². The van der Waals surface area contributed by atoms with Gasteiger partial charge >= 0.3 is 18.1 Å². The fourth-order valence-electron chi connectivity index (χ4n) is 2.84. The van der Waals surface area contributed by atoms with Gasteiger partial charge in [0.1, 0.15) is 11.6 Å². The van der Waals surface area contributed by atoms with Gasteiger partial charge in [-0.25, -0.2) is 19.7 Å². The lowest BCUT2D eigenvalue weighted by Gasteiger charge is -2.38. The molecule has 1 aliphatic rings. The molecule has 0 aromatic heterocycles. The zero-order chi connectivity index (χ0) is 20.3. The van der Waals surface area contributed by atoms with Crippen molar-refractivity contribution < 1.29 is 23.9 Å². The molecule has 0 radical (unpaired) electrons. The number of nitrogens with one attached hydrogen (secondary N) is 1. The van der Waals surface area contributed by atoms with Gasteiger partial charge in [-0.3, -0.25) is 0 Å². The normalized spacial score (nSPS) is 16.4. The third-order valence-electron chi connectivity index (χ3n) is 4.40. The Balaban J connectivity index is 2.17. The Labute approximate surface area is 163 Å². The summed E-state index contributed by atoms with van der Waals surface area (Å²) in [7, 11) is 0. The number of carbonyl (C=O) groups excluding carboxylic acids is 3. The third kappa shape index (κ3) is 9.63. The molecule has 1 atom stereocenters. The number of hydrogen-bond acceptors (Lipinski definition) is 5. The lowest BCUT2D eigenvalue weighted by molar-refractivity contribution is -0.153. The van der Waals surface area contributed by atoms with Crippen molar-refractivity contribution in [3.8, 4) is 0 Å². The highest BCUT2D eigenvalue weighted by atomic mass is 16.6. The van der Waals surface area contributed by atoms with E-state index in [-0.39, 0.29) is 0 Å². The average molecular weight is 385 g/mol. The molecule has 0 saturated carbocycles. The van der Waals surface area contributed by atoms with Crippen molar-refractivity contribution in [3.05, 3.63) is 0 Å². The number of hydrogen-bond donors (Lipinski definition) is 1. The fourth-order valence-corrected chi connectivity index (χ4v) is 2.84. The lowest BCUT2D eigenvalue weighted by atomic mass is 10.0. The van der Waals surface area contributed by atoms with E-state index in [4.69, 9.17) is 9.47 Å². The van der Waals surface area contributed by atoms with Crippen LogP contribution >= 0.6 is 0 Å². The summed E-state index contributed by atoms with van der Waals surface area (Å²) in [6.45, 7) is 8.15. The van der Waals surface area contributed by atoms with E-state index < -0.39 is 29.7 Å². The predicted molar refractivity (Wildman–Crippen MR) is 103 cm³/mol. The van der Waals surface area contributed by atoms with Gasteiger partial charge in [0, 0.05) is 6.54 Å². The van der Waals surface area contributed by atoms with Gasteiger partial charge in [0.25, 0.3) is 0 Å². The molecule has 1 heterocycles. The molecule has 0 spiro atoms. The number of amides is 3. The van der Waals surface area contributed by atoms with Gasteiger partial charge in [-0.2, -0.15) is 0 Å². The Morgan fingerprint density at radius 1 is 1.00 bits per heavy atom. The molecular formula is C20H36N2O5.